The average molecular weight is 386 g/mol. The van der Waals surface area contributed by atoms with Crippen molar-refractivity contribution in [2.24, 2.45) is 0 Å². The molecule has 1 amide bonds. The maximum Gasteiger partial charge on any atom is 0.263 e. The van der Waals surface area contributed by atoms with Crippen molar-refractivity contribution in [1.29, 1.82) is 0 Å². The number of aryl methyl sites for hydroxylation is 1. The molecule has 0 saturated heterocycles. The van der Waals surface area contributed by atoms with Gasteiger partial charge in [0, 0.05) is 10.9 Å². The number of rotatable bonds is 4. The van der Waals surface area contributed by atoms with Gasteiger partial charge in [0.25, 0.3) is 5.91 Å². The Hall–Kier alpha value is -2.38. The summed E-state index contributed by atoms with van der Waals surface area (Å²) in [5, 5.41) is 7.98. The van der Waals surface area contributed by atoms with Crippen molar-refractivity contribution in [2.75, 3.05) is 13.2 Å². The quantitative estimate of drug-likeness (QED) is 0.720. The molecule has 3 heterocycles. The van der Waals surface area contributed by atoms with Crippen LogP contribution in [0.4, 0.5) is 0 Å². The van der Waals surface area contributed by atoms with E-state index in [9.17, 15) is 4.79 Å². The van der Waals surface area contributed by atoms with Crippen LogP contribution in [0.25, 0.3) is 10.6 Å². The number of fused-ring (bicyclic) bond motifs is 1. The molecule has 26 heavy (non-hydrogen) atoms. The fourth-order valence-electron chi connectivity index (χ4n) is 2.79. The Balaban J connectivity index is 1.51. The van der Waals surface area contributed by atoms with Crippen molar-refractivity contribution >= 4 is 28.6 Å². The summed E-state index contributed by atoms with van der Waals surface area (Å²) in [4.78, 5) is 17.9. The number of thiophene rings is 1. The maximum atomic E-state index is 12.7. The van der Waals surface area contributed by atoms with Gasteiger partial charge in [-0.15, -0.1) is 11.3 Å². The predicted octanol–water partition coefficient (Wildman–Crippen LogP) is 4.44. The second-order valence-electron chi connectivity index (χ2n) is 6.04. The molecule has 3 aromatic rings. The van der Waals surface area contributed by atoms with E-state index >= 15 is 0 Å². The number of nitrogens with one attached hydrogen (secondary N) is 1. The third kappa shape index (κ3) is 3.32. The second kappa shape index (κ2) is 7.09. The highest BCUT2D eigenvalue weighted by Crippen LogP contribution is 2.33. The van der Waals surface area contributed by atoms with Crippen LogP contribution in [0.3, 0.4) is 0 Å². The number of benzene rings is 1. The normalized spacial score (nSPS) is 14.1. The summed E-state index contributed by atoms with van der Waals surface area (Å²) in [5.41, 5.74) is 2.79. The highest BCUT2D eigenvalue weighted by molar-refractivity contribution is 7.17. The molecule has 1 aliphatic rings. The zero-order valence-electron chi connectivity index (χ0n) is 14.4. The first kappa shape index (κ1) is 17.1. The van der Waals surface area contributed by atoms with Crippen molar-refractivity contribution in [1.82, 2.24) is 10.3 Å². The Morgan fingerprint density at radius 3 is 2.81 bits per heavy atom. The SMILES string of the molecule is Cc1nc(-c2ccsc2)sc1C(=O)NC(C)c1ccc2c(c1)OCCO2. The van der Waals surface area contributed by atoms with E-state index < -0.39 is 0 Å². The van der Waals surface area contributed by atoms with Gasteiger partial charge in [0.2, 0.25) is 0 Å². The lowest BCUT2D eigenvalue weighted by Gasteiger charge is -2.21. The molecule has 0 aliphatic carbocycles. The number of ether oxygens (including phenoxy) is 2. The number of carbonyl (C=O) groups is 1. The molecule has 0 fully saturated rings. The monoisotopic (exact) mass is 386 g/mol. The number of aromatic nitrogens is 1. The van der Waals surface area contributed by atoms with Gasteiger partial charge < -0.3 is 14.8 Å². The van der Waals surface area contributed by atoms with Crippen molar-refractivity contribution in [3.05, 3.63) is 51.2 Å². The van der Waals surface area contributed by atoms with E-state index in [1.807, 2.05) is 48.9 Å². The molecule has 1 atom stereocenters. The van der Waals surface area contributed by atoms with Crippen LogP contribution in [0.2, 0.25) is 0 Å². The number of nitrogens with zero attached hydrogens (tertiary/aromatic N) is 1. The molecule has 1 N–H and O–H groups in total. The molecule has 0 saturated carbocycles. The van der Waals surface area contributed by atoms with Crippen molar-refractivity contribution < 1.29 is 14.3 Å². The third-order valence-electron chi connectivity index (χ3n) is 4.18. The summed E-state index contributed by atoms with van der Waals surface area (Å²) in [6.45, 7) is 4.94. The fraction of sp³-hybridized carbons (Fsp3) is 0.263. The number of thiazole rings is 1. The van der Waals surface area contributed by atoms with Gasteiger partial charge in [0.15, 0.2) is 11.5 Å². The molecular formula is C19H18N2O3S2. The summed E-state index contributed by atoms with van der Waals surface area (Å²) >= 11 is 3.05. The molecular weight excluding hydrogens is 368 g/mol. The van der Waals surface area contributed by atoms with E-state index in [4.69, 9.17) is 9.47 Å². The Kier molecular flexibility index (Phi) is 4.65. The van der Waals surface area contributed by atoms with Crippen molar-refractivity contribution in [3.63, 3.8) is 0 Å². The Bertz CT molecular complexity index is 934. The van der Waals surface area contributed by atoms with Gasteiger partial charge >= 0.3 is 0 Å². The highest BCUT2D eigenvalue weighted by Gasteiger charge is 2.20. The highest BCUT2D eigenvalue weighted by atomic mass is 32.1. The average Bonchev–Trinajstić information content (AvgIpc) is 3.30. The van der Waals surface area contributed by atoms with Crippen LogP contribution in [-0.4, -0.2) is 24.1 Å². The minimum Gasteiger partial charge on any atom is -0.486 e. The van der Waals surface area contributed by atoms with E-state index in [1.54, 1.807) is 11.3 Å². The maximum absolute atomic E-state index is 12.7. The van der Waals surface area contributed by atoms with Crippen LogP contribution >= 0.6 is 22.7 Å². The van der Waals surface area contributed by atoms with Gasteiger partial charge in [-0.2, -0.15) is 11.3 Å². The zero-order chi connectivity index (χ0) is 18.1. The van der Waals surface area contributed by atoms with Gasteiger partial charge in [0.05, 0.1) is 11.7 Å². The van der Waals surface area contributed by atoms with Gasteiger partial charge in [-0.05, 0) is 43.0 Å². The number of hydrogen-bond donors (Lipinski definition) is 1. The first-order valence-corrected chi connectivity index (χ1v) is 10.1. The molecule has 134 valence electrons. The van der Waals surface area contributed by atoms with E-state index in [1.165, 1.54) is 11.3 Å². The first-order valence-electron chi connectivity index (χ1n) is 8.32. The number of carbonyl (C=O) groups excluding carboxylic acids is 1. The van der Waals surface area contributed by atoms with Gasteiger partial charge in [-0.3, -0.25) is 4.79 Å². The molecule has 0 bridgehead atoms. The van der Waals surface area contributed by atoms with Crippen LogP contribution in [0, 0.1) is 6.92 Å². The van der Waals surface area contributed by atoms with Gasteiger partial charge in [-0.1, -0.05) is 6.07 Å². The summed E-state index contributed by atoms with van der Waals surface area (Å²) in [5.74, 6) is 1.37. The van der Waals surface area contributed by atoms with Crippen LogP contribution in [0.1, 0.15) is 33.9 Å². The third-order valence-corrected chi connectivity index (χ3v) is 6.07. The van der Waals surface area contributed by atoms with E-state index in [0.29, 0.717) is 18.1 Å². The zero-order valence-corrected chi connectivity index (χ0v) is 16.1. The Morgan fingerprint density at radius 2 is 2.04 bits per heavy atom. The topological polar surface area (TPSA) is 60.5 Å². The van der Waals surface area contributed by atoms with Crippen molar-refractivity contribution in [2.45, 2.75) is 19.9 Å². The smallest absolute Gasteiger partial charge is 0.263 e. The molecule has 7 heteroatoms. The molecule has 1 aromatic carbocycles. The lowest BCUT2D eigenvalue weighted by molar-refractivity contribution is 0.0943. The predicted molar refractivity (Wildman–Crippen MR) is 103 cm³/mol. The fourth-order valence-corrected chi connectivity index (χ4v) is 4.47. The molecule has 5 nitrogen and oxygen atoms in total. The molecule has 0 spiro atoms. The van der Waals surface area contributed by atoms with Crippen LogP contribution in [-0.2, 0) is 0 Å². The summed E-state index contributed by atoms with van der Waals surface area (Å²) < 4.78 is 11.2. The van der Waals surface area contributed by atoms with Gasteiger partial charge in [0.1, 0.15) is 23.1 Å². The van der Waals surface area contributed by atoms with Crippen LogP contribution in [0.15, 0.2) is 35.0 Å². The first-order chi connectivity index (χ1) is 12.6. The Labute approximate surface area is 159 Å². The van der Waals surface area contributed by atoms with E-state index in [2.05, 4.69) is 10.3 Å². The molecule has 1 aliphatic heterocycles. The number of hydrogen-bond acceptors (Lipinski definition) is 6. The second-order valence-corrected chi connectivity index (χ2v) is 7.82. The van der Waals surface area contributed by atoms with E-state index in [-0.39, 0.29) is 11.9 Å². The largest absolute Gasteiger partial charge is 0.486 e. The summed E-state index contributed by atoms with van der Waals surface area (Å²) in [6.07, 6.45) is 0. The lowest BCUT2D eigenvalue weighted by atomic mass is 10.1. The lowest BCUT2D eigenvalue weighted by Crippen LogP contribution is -2.26. The van der Waals surface area contributed by atoms with Crippen molar-refractivity contribution in [3.8, 4) is 22.1 Å². The molecule has 4 rings (SSSR count). The van der Waals surface area contributed by atoms with E-state index in [0.717, 1.165) is 33.3 Å². The molecule has 2 aromatic heterocycles. The van der Waals surface area contributed by atoms with Gasteiger partial charge in [-0.25, -0.2) is 4.98 Å². The summed E-state index contributed by atoms with van der Waals surface area (Å²) in [7, 11) is 0. The molecule has 1 unspecified atom stereocenters. The van der Waals surface area contributed by atoms with Crippen LogP contribution in [0.5, 0.6) is 11.5 Å². The Morgan fingerprint density at radius 1 is 1.23 bits per heavy atom. The van der Waals surface area contributed by atoms with Crippen LogP contribution < -0.4 is 14.8 Å². The molecule has 0 radical (unpaired) electrons. The minimum atomic E-state index is -0.149. The standard InChI is InChI=1S/C19H18N2O3S2/c1-11(13-3-4-15-16(9-13)24-7-6-23-15)20-18(22)17-12(2)21-19(26-17)14-5-8-25-10-14/h3-5,8-11H,6-7H2,1-2H3,(H,20,22). The minimum absolute atomic E-state index is 0.108. The number of amides is 1. The summed E-state index contributed by atoms with van der Waals surface area (Å²) in [6, 6.07) is 7.64.